The quantitative estimate of drug-likeness (QED) is 0.857. The Labute approximate surface area is 144 Å². The Kier molecular flexibility index (Phi) is 4.08. The van der Waals surface area contributed by atoms with Crippen LogP contribution in [0.15, 0.2) is 34.1 Å². The van der Waals surface area contributed by atoms with Gasteiger partial charge in [-0.25, -0.2) is 9.38 Å². The molecule has 0 radical (unpaired) electrons. The maximum atomic E-state index is 13.7. The number of halogens is 1. The van der Waals surface area contributed by atoms with Crippen molar-refractivity contribution in [3.8, 4) is 0 Å². The summed E-state index contributed by atoms with van der Waals surface area (Å²) >= 11 is 1.51. The van der Waals surface area contributed by atoms with Crippen molar-refractivity contribution < 1.29 is 4.39 Å². The van der Waals surface area contributed by atoms with Crippen molar-refractivity contribution in [3.05, 3.63) is 51.6 Å². The maximum absolute atomic E-state index is 13.7. The highest BCUT2D eigenvalue weighted by atomic mass is 32.2. The first-order chi connectivity index (χ1) is 11.6. The summed E-state index contributed by atoms with van der Waals surface area (Å²) < 4.78 is 15.6. The summed E-state index contributed by atoms with van der Waals surface area (Å²) in [6.07, 6.45) is 5.77. The normalized spacial score (nSPS) is 21.4. The number of rotatable bonds is 2. The van der Waals surface area contributed by atoms with E-state index in [1.807, 2.05) is 17.7 Å². The lowest BCUT2D eigenvalue weighted by Gasteiger charge is -2.26. The molecular formula is C18H20FN3OS. The van der Waals surface area contributed by atoms with Crippen LogP contribution in [0.4, 0.5) is 10.2 Å². The highest BCUT2D eigenvalue weighted by Crippen LogP contribution is 2.45. The molecule has 1 aliphatic carbocycles. The Morgan fingerprint density at radius 3 is 2.83 bits per heavy atom. The molecule has 2 aromatic rings. The van der Waals surface area contributed by atoms with E-state index in [9.17, 15) is 9.18 Å². The Morgan fingerprint density at radius 2 is 2.08 bits per heavy atom. The first-order valence-electron chi connectivity index (χ1n) is 8.45. The van der Waals surface area contributed by atoms with Gasteiger partial charge in [0.15, 0.2) is 5.82 Å². The molecule has 0 saturated heterocycles. The van der Waals surface area contributed by atoms with Crippen LogP contribution in [0.1, 0.15) is 61.4 Å². The molecule has 2 aliphatic rings. The second-order valence-corrected chi connectivity index (χ2v) is 7.82. The predicted molar refractivity (Wildman–Crippen MR) is 95.8 cm³/mol. The zero-order chi connectivity index (χ0) is 16.7. The average Bonchev–Trinajstić information content (AvgIpc) is 2.91. The average molecular weight is 345 g/mol. The number of aromatic nitrogens is 2. The van der Waals surface area contributed by atoms with Gasteiger partial charge in [-0.2, -0.15) is 0 Å². The highest BCUT2D eigenvalue weighted by Gasteiger charge is 2.32. The summed E-state index contributed by atoms with van der Waals surface area (Å²) in [5, 5.41) is 3.70. The summed E-state index contributed by atoms with van der Waals surface area (Å²) in [7, 11) is 0. The lowest BCUT2D eigenvalue weighted by atomic mass is 9.95. The number of thioether (sulfide) groups is 1. The van der Waals surface area contributed by atoms with Crippen LogP contribution in [-0.4, -0.2) is 14.8 Å². The molecular weight excluding hydrogens is 325 g/mol. The van der Waals surface area contributed by atoms with E-state index < -0.39 is 0 Å². The number of benzene rings is 1. The smallest absolute Gasteiger partial charge is 0.268 e. The van der Waals surface area contributed by atoms with Crippen molar-refractivity contribution in [3.63, 3.8) is 0 Å². The van der Waals surface area contributed by atoms with Gasteiger partial charge in [-0.15, -0.1) is 0 Å². The molecule has 1 fully saturated rings. The van der Waals surface area contributed by atoms with Gasteiger partial charge in [-0.05, 0) is 37.5 Å². The fourth-order valence-corrected chi connectivity index (χ4v) is 4.81. The Balaban J connectivity index is 1.82. The van der Waals surface area contributed by atoms with E-state index in [-0.39, 0.29) is 16.6 Å². The lowest BCUT2D eigenvalue weighted by molar-refractivity contribution is 0.331. The molecule has 6 heteroatoms. The number of nitrogens with zero attached hydrogens (tertiary/aromatic N) is 2. The molecule has 1 aromatic carbocycles. The summed E-state index contributed by atoms with van der Waals surface area (Å²) in [6.45, 7) is 1.95. The second kappa shape index (κ2) is 6.24. The minimum absolute atomic E-state index is 0.103. The Morgan fingerprint density at radius 1 is 1.29 bits per heavy atom. The number of hydrogen-bond acceptors (Lipinski definition) is 3. The molecule has 1 unspecified atom stereocenters. The predicted octanol–water partition coefficient (Wildman–Crippen LogP) is 4.71. The van der Waals surface area contributed by atoms with Crippen molar-refractivity contribution in [2.45, 2.75) is 50.3 Å². The summed E-state index contributed by atoms with van der Waals surface area (Å²) in [5.74, 6) is 0.454. The molecule has 1 atom stereocenters. The SMILES string of the molecule is CC1=Nc2c(c(=O)[nH]n2C2CCCCC2)C(c2cccc(F)c2)S1. The van der Waals surface area contributed by atoms with Gasteiger partial charge < -0.3 is 0 Å². The first-order valence-corrected chi connectivity index (χ1v) is 9.33. The second-order valence-electron chi connectivity index (χ2n) is 6.52. The number of hydrogen-bond donors (Lipinski definition) is 1. The number of H-pyrrole nitrogens is 1. The van der Waals surface area contributed by atoms with Crippen molar-refractivity contribution in [2.75, 3.05) is 0 Å². The van der Waals surface area contributed by atoms with Gasteiger partial charge in [-0.3, -0.25) is 14.6 Å². The van der Waals surface area contributed by atoms with Crippen LogP contribution in [-0.2, 0) is 0 Å². The summed E-state index contributed by atoms with van der Waals surface area (Å²) in [5.41, 5.74) is 1.36. The molecule has 0 spiro atoms. The number of aromatic amines is 1. The third-order valence-corrected chi connectivity index (χ3v) is 6.02. The van der Waals surface area contributed by atoms with E-state index in [2.05, 4.69) is 10.1 Å². The van der Waals surface area contributed by atoms with Crippen LogP contribution >= 0.6 is 11.8 Å². The van der Waals surface area contributed by atoms with E-state index in [4.69, 9.17) is 0 Å². The number of nitrogens with one attached hydrogen (secondary N) is 1. The third-order valence-electron chi connectivity index (χ3n) is 4.84. The largest absolute Gasteiger partial charge is 0.271 e. The number of aliphatic imine (C=N–C) groups is 1. The van der Waals surface area contributed by atoms with Crippen molar-refractivity contribution in [1.29, 1.82) is 0 Å². The standard InChI is InChI=1S/C18H20FN3OS/c1-11-20-17-15(16(24-11)12-6-5-7-13(19)10-12)18(23)21-22(17)14-8-3-2-4-9-14/h5-7,10,14,16H,2-4,8-9H2,1H3,(H,21,23). The van der Waals surface area contributed by atoms with Crippen molar-refractivity contribution >= 4 is 22.6 Å². The van der Waals surface area contributed by atoms with E-state index in [1.54, 1.807) is 6.07 Å². The van der Waals surface area contributed by atoms with Crippen LogP contribution in [0.5, 0.6) is 0 Å². The maximum Gasteiger partial charge on any atom is 0.271 e. The molecule has 0 amide bonds. The van der Waals surface area contributed by atoms with Gasteiger partial charge in [0.25, 0.3) is 5.56 Å². The Hall–Kier alpha value is -1.82. The van der Waals surface area contributed by atoms with Gasteiger partial charge >= 0.3 is 0 Å². The van der Waals surface area contributed by atoms with Crippen molar-refractivity contribution in [2.24, 2.45) is 4.99 Å². The van der Waals surface area contributed by atoms with Gasteiger partial charge in [0.2, 0.25) is 0 Å². The fourth-order valence-electron chi connectivity index (χ4n) is 3.72. The topological polar surface area (TPSA) is 50.1 Å². The minimum Gasteiger partial charge on any atom is -0.268 e. The summed E-state index contributed by atoms with van der Waals surface area (Å²) in [4.78, 5) is 17.3. The molecule has 1 aromatic heterocycles. The van der Waals surface area contributed by atoms with E-state index in [0.29, 0.717) is 11.6 Å². The van der Waals surface area contributed by atoms with Gasteiger partial charge in [0.1, 0.15) is 5.82 Å². The van der Waals surface area contributed by atoms with E-state index in [1.165, 1.54) is 43.2 Å². The zero-order valence-electron chi connectivity index (χ0n) is 13.6. The van der Waals surface area contributed by atoms with Gasteiger partial charge in [0.05, 0.1) is 21.9 Å². The first kappa shape index (κ1) is 15.7. The molecule has 1 aliphatic heterocycles. The molecule has 2 heterocycles. The van der Waals surface area contributed by atoms with Gasteiger partial charge in [0, 0.05) is 0 Å². The molecule has 0 bridgehead atoms. The summed E-state index contributed by atoms with van der Waals surface area (Å²) in [6, 6.07) is 6.81. The van der Waals surface area contributed by atoms with E-state index >= 15 is 0 Å². The molecule has 4 nitrogen and oxygen atoms in total. The monoisotopic (exact) mass is 345 g/mol. The lowest BCUT2D eigenvalue weighted by Crippen LogP contribution is -2.16. The van der Waals surface area contributed by atoms with E-state index in [0.717, 1.165) is 29.3 Å². The van der Waals surface area contributed by atoms with Crippen LogP contribution in [0, 0.1) is 5.82 Å². The fraction of sp³-hybridized carbons (Fsp3) is 0.444. The molecule has 1 N–H and O–H groups in total. The molecule has 1 saturated carbocycles. The molecule has 24 heavy (non-hydrogen) atoms. The van der Waals surface area contributed by atoms with Crippen LogP contribution in [0.3, 0.4) is 0 Å². The molecule has 4 rings (SSSR count). The van der Waals surface area contributed by atoms with Gasteiger partial charge in [-0.1, -0.05) is 43.2 Å². The van der Waals surface area contributed by atoms with Crippen LogP contribution in [0.25, 0.3) is 0 Å². The van der Waals surface area contributed by atoms with Crippen LogP contribution < -0.4 is 5.56 Å². The highest BCUT2D eigenvalue weighted by molar-refractivity contribution is 8.14. The zero-order valence-corrected chi connectivity index (χ0v) is 14.4. The third kappa shape index (κ3) is 2.73. The van der Waals surface area contributed by atoms with Crippen LogP contribution in [0.2, 0.25) is 0 Å². The molecule has 126 valence electrons. The Bertz CT molecular complexity index is 848. The minimum atomic E-state index is -0.280. The van der Waals surface area contributed by atoms with Crippen molar-refractivity contribution in [1.82, 2.24) is 9.78 Å². The number of fused-ring (bicyclic) bond motifs is 1.